The first-order chi connectivity index (χ1) is 17.9. The van der Waals surface area contributed by atoms with Gasteiger partial charge in [0.25, 0.3) is 5.91 Å². The number of hydrogen-bond donors (Lipinski definition) is 4. The molecule has 0 bridgehead atoms. The fraction of sp³-hybridized carbons (Fsp3) is 0.323. The zero-order chi connectivity index (χ0) is 28.2. The van der Waals surface area contributed by atoms with Gasteiger partial charge in [0.15, 0.2) is 0 Å². The summed E-state index contributed by atoms with van der Waals surface area (Å²) in [4.78, 5) is 37.2. The summed E-state index contributed by atoms with van der Waals surface area (Å²) in [5.74, 6) is -0.980. The summed E-state index contributed by atoms with van der Waals surface area (Å²) < 4.78 is 0. The molecule has 5 N–H and O–H groups in total. The Balaban J connectivity index is 0.000000624. The average Bonchev–Trinajstić information content (AvgIpc) is 2.88. The molecule has 0 aromatic heterocycles. The van der Waals surface area contributed by atoms with Crippen LogP contribution in [0.3, 0.4) is 0 Å². The van der Waals surface area contributed by atoms with E-state index in [0.29, 0.717) is 12.0 Å². The van der Waals surface area contributed by atoms with E-state index in [0.717, 1.165) is 5.56 Å². The summed E-state index contributed by atoms with van der Waals surface area (Å²) in [6.45, 7) is 9.18. The van der Waals surface area contributed by atoms with Crippen molar-refractivity contribution in [2.24, 2.45) is 5.73 Å². The zero-order valence-electron chi connectivity index (χ0n) is 23.0. The molecule has 0 fully saturated rings. The van der Waals surface area contributed by atoms with Gasteiger partial charge >= 0.3 is 0 Å². The minimum atomic E-state index is -0.802. The Bertz CT molecular complexity index is 1160. The predicted molar refractivity (Wildman–Crippen MR) is 153 cm³/mol. The summed E-state index contributed by atoms with van der Waals surface area (Å²) in [6, 6.07) is 27.8. The van der Waals surface area contributed by atoms with Crippen LogP contribution < -0.4 is 21.7 Å². The smallest absolute Gasteiger partial charge is 0.251 e. The van der Waals surface area contributed by atoms with Crippen LogP contribution in [0.5, 0.6) is 0 Å². The van der Waals surface area contributed by atoms with Crippen molar-refractivity contribution in [2.75, 3.05) is 6.54 Å². The highest BCUT2D eigenvalue weighted by molar-refractivity contribution is 5.96. The van der Waals surface area contributed by atoms with Gasteiger partial charge in [0.2, 0.25) is 11.8 Å². The molecule has 0 spiro atoms. The van der Waals surface area contributed by atoms with Gasteiger partial charge in [-0.05, 0) is 58.7 Å². The number of carbonyl (C=O) groups is 3. The molecule has 7 heteroatoms. The van der Waals surface area contributed by atoms with Gasteiger partial charge in [-0.15, -0.1) is 0 Å². The molecule has 0 aliphatic rings. The molecule has 0 aliphatic carbocycles. The van der Waals surface area contributed by atoms with Crippen LogP contribution >= 0.6 is 0 Å². The van der Waals surface area contributed by atoms with Crippen molar-refractivity contribution >= 4 is 17.7 Å². The maximum Gasteiger partial charge on any atom is 0.251 e. The van der Waals surface area contributed by atoms with Crippen LogP contribution in [0.1, 0.15) is 49.2 Å². The third kappa shape index (κ3) is 9.82. The summed E-state index contributed by atoms with van der Waals surface area (Å²) in [5, 5.41) is 8.44. The van der Waals surface area contributed by atoms with Crippen LogP contribution in [0.2, 0.25) is 0 Å². The van der Waals surface area contributed by atoms with Crippen molar-refractivity contribution in [1.82, 2.24) is 16.0 Å². The lowest BCUT2D eigenvalue weighted by Crippen LogP contribution is -2.67. The maximum absolute atomic E-state index is 12.7. The number of hydrogen-bond acceptors (Lipinski definition) is 4. The number of carbonyl (C=O) groups excluding carboxylic acids is 3. The van der Waals surface area contributed by atoms with Crippen molar-refractivity contribution in [1.29, 1.82) is 0 Å². The number of benzene rings is 3. The second kappa shape index (κ2) is 14.1. The summed E-state index contributed by atoms with van der Waals surface area (Å²) in [7, 11) is 0. The van der Waals surface area contributed by atoms with Crippen molar-refractivity contribution in [3.8, 4) is 0 Å². The molecule has 0 saturated carbocycles. The zero-order valence-corrected chi connectivity index (χ0v) is 23.0. The molecule has 202 valence electrons. The molecule has 0 saturated heterocycles. The number of aryl methyl sites for hydroxylation is 1. The molecular weight excluding hydrogens is 476 g/mol. The average molecular weight is 517 g/mol. The molecule has 0 radical (unpaired) electrons. The van der Waals surface area contributed by atoms with Crippen molar-refractivity contribution in [3.63, 3.8) is 0 Å². The number of amides is 3. The van der Waals surface area contributed by atoms with Crippen molar-refractivity contribution < 1.29 is 14.4 Å². The largest absolute Gasteiger partial charge is 0.348 e. The standard InChI is InChI=1S/C24H32N4O3.C7H8/c1-23(2,27-20(29)16-26-21(30)18-13-9-6-10-14-18)24(3,4)28-22(31)19(25)15-17-11-7-5-8-12-17;1-7-5-3-2-4-6-7/h5-14,19H,15-16,25H2,1-4H3,(H,26,30)(H,27,29)(H,28,31);2-6H,1H3. The van der Waals surface area contributed by atoms with Gasteiger partial charge < -0.3 is 21.7 Å². The Morgan fingerprint density at radius 1 is 0.737 bits per heavy atom. The van der Waals surface area contributed by atoms with Crippen LogP contribution in [-0.4, -0.2) is 41.4 Å². The van der Waals surface area contributed by atoms with E-state index >= 15 is 0 Å². The second-order valence-electron chi connectivity index (χ2n) is 10.3. The summed E-state index contributed by atoms with van der Waals surface area (Å²) in [5.41, 5.74) is 7.27. The molecule has 3 amide bonds. The Labute approximate surface area is 226 Å². The quantitative estimate of drug-likeness (QED) is 0.347. The summed E-state index contributed by atoms with van der Waals surface area (Å²) in [6.07, 6.45) is 0.418. The molecule has 0 heterocycles. The molecule has 3 rings (SSSR count). The van der Waals surface area contributed by atoms with E-state index < -0.39 is 17.1 Å². The molecule has 3 aromatic carbocycles. The van der Waals surface area contributed by atoms with Gasteiger partial charge in [0.1, 0.15) is 0 Å². The minimum absolute atomic E-state index is 0.172. The maximum atomic E-state index is 12.7. The van der Waals surface area contributed by atoms with Crippen LogP contribution in [0.15, 0.2) is 91.0 Å². The normalized spacial score (nSPS) is 11.8. The Kier molecular flexibility index (Phi) is 11.2. The number of nitrogens with one attached hydrogen (secondary N) is 3. The van der Waals surface area contributed by atoms with Gasteiger partial charge in [0.05, 0.1) is 23.7 Å². The highest BCUT2D eigenvalue weighted by Gasteiger charge is 2.40. The van der Waals surface area contributed by atoms with E-state index in [1.807, 2.05) is 82.3 Å². The van der Waals surface area contributed by atoms with E-state index in [4.69, 9.17) is 5.73 Å². The highest BCUT2D eigenvalue weighted by Crippen LogP contribution is 2.21. The van der Waals surface area contributed by atoms with Crippen LogP contribution in [0.25, 0.3) is 0 Å². The third-order valence-corrected chi connectivity index (χ3v) is 6.47. The van der Waals surface area contributed by atoms with Crippen LogP contribution in [-0.2, 0) is 16.0 Å². The third-order valence-electron chi connectivity index (χ3n) is 6.47. The predicted octanol–water partition coefficient (Wildman–Crippen LogP) is 3.77. The van der Waals surface area contributed by atoms with Crippen LogP contribution in [0, 0.1) is 6.92 Å². The molecular formula is C31H40N4O3. The Morgan fingerprint density at radius 3 is 1.71 bits per heavy atom. The van der Waals surface area contributed by atoms with Gasteiger partial charge in [-0.1, -0.05) is 84.4 Å². The van der Waals surface area contributed by atoms with E-state index in [1.165, 1.54) is 5.56 Å². The van der Waals surface area contributed by atoms with Crippen molar-refractivity contribution in [2.45, 2.75) is 58.2 Å². The van der Waals surface area contributed by atoms with Gasteiger partial charge in [-0.2, -0.15) is 0 Å². The van der Waals surface area contributed by atoms with Gasteiger partial charge in [-0.3, -0.25) is 14.4 Å². The molecule has 38 heavy (non-hydrogen) atoms. The molecule has 1 atom stereocenters. The lowest BCUT2D eigenvalue weighted by atomic mass is 9.82. The lowest BCUT2D eigenvalue weighted by Gasteiger charge is -2.43. The fourth-order valence-electron chi connectivity index (χ4n) is 3.45. The first-order valence-electron chi connectivity index (χ1n) is 12.7. The van der Waals surface area contributed by atoms with E-state index in [2.05, 4.69) is 35.0 Å². The molecule has 1 unspecified atom stereocenters. The fourth-order valence-corrected chi connectivity index (χ4v) is 3.45. The number of nitrogens with two attached hydrogens (primary N) is 1. The Hall–Kier alpha value is -3.97. The first-order valence-corrected chi connectivity index (χ1v) is 12.7. The lowest BCUT2D eigenvalue weighted by molar-refractivity contribution is -0.127. The van der Waals surface area contributed by atoms with Crippen molar-refractivity contribution in [3.05, 3.63) is 108 Å². The second-order valence-corrected chi connectivity index (χ2v) is 10.3. The molecule has 3 aromatic rings. The van der Waals surface area contributed by atoms with E-state index in [9.17, 15) is 14.4 Å². The minimum Gasteiger partial charge on any atom is -0.348 e. The molecule has 0 aliphatic heterocycles. The summed E-state index contributed by atoms with van der Waals surface area (Å²) >= 11 is 0. The monoisotopic (exact) mass is 516 g/mol. The molecule has 7 nitrogen and oxygen atoms in total. The van der Waals surface area contributed by atoms with Crippen LogP contribution in [0.4, 0.5) is 0 Å². The van der Waals surface area contributed by atoms with E-state index in [1.54, 1.807) is 24.3 Å². The van der Waals surface area contributed by atoms with Gasteiger partial charge in [-0.25, -0.2) is 0 Å². The topological polar surface area (TPSA) is 113 Å². The first kappa shape index (κ1) is 30.3. The SMILES string of the molecule is CC(C)(NC(=O)CNC(=O)c1ccccc1)C(C)(C)NC(=O)C(N)Cc1ccccc1.Cc1ccccc1. The highest BCUT2D eigenvalue weighted by atomic mass is 16.2. The Morgan fingerprint density at radius 2 is 1.21 bits per heavy atom. The number of rotatable bonds is 9. The van der Waals surface area contributed by atoms with Gasteiger partial charge in [0, 0.05) is 5.56 Å². The van der Waals surface area contributed by atoms with E-state index in [-0.39, 0.29) is 24.3 Å².